The largest absolute Gasteiger partial charge is 0.390 e. The summed E-state index contributed by atoms with van der Waals surface area (Å²) >= 11 is 0. The summed E-state index contributed by atoms with van der Waals surface area (Å²) in [7, 11) is 0. The van der Waals surface area contributed by atoms with E-state index < -0.39 is 12.2 Å². The normalized spacial score (nSPS) is 13.2. The third-order valence-electron chi connectivity index (χ3n) is 4.33. The molecule has 0 heterocycles. The smallest absolute Gasteiger partial charge is 0.0802 e. The van der Waals surface area contributed by atoms with E-state index in [-0.39, 0.29) is 0 Å². The average Bonchev–Trinajstić information content (AvgIpc) is 2.64. The molecule has 0 aliphatic heterocycles. The van der Waals surface area contributed by atoms with Crippen molar-refractivity contribution >= 4 is 12.2 Å². The molecule has 0 spiro atoms. The van der Waals surface area contributed by atoms with Gasteiger partial charge in [-0.15, -0.1) is 0 Å². The quantitative estimate of drug-likeness (QED) is 0.724. The highest BCUT2D eigenvalue weighted by molar-refractivity contribution is 5.47. The minimum absolute atomic E-state index is 0.560. The first kappa shape index (κ1) is 18.2. The van der Waals surface area contributed by atoms with Crippen molar-refractivity contribution in [3.05, 3.63) is 83.9 Å². The number of rotatable bonds is 9. The number of benzene rings is 2. The van der Waals surface area contributed by atoms with Crippen molar-refractivity contribution < 1.29 is 10.2 Å². The summed E-state index contributed by atoms with van der Waals surface area (Å²) in [6.07, 6.45) is 4.85. The molecule has 2 N–H and O–H groups in total. The first-order chi connectivity index (χ1) is 11.6. The zero-order valence-corrected chi connectivity index (χ0v) is 14.1. The van der Waals surface area contributed by atoms with Crippen LogP contribution in [-0.2, 0) is 12.8 Å². The topological polar surface area (TPSA) is 40.5 Å². The Labute approximate surface area is 144 Å². The van der Waals surface area contributed by atoms with Crippen LogP contribution >= 0.6 is 0 Å². The van der Waals surface area contributed by atoms with Crippen molar-refractivity contribution in [3.8, 4) is 0 Å². The Kier molecular flexibility index (Phi) is 6.98. The van der Waals surface area contributed by atoms with Gasteiger partial charge in [0.25, 0.3) is 0 Å². The Hall–Kier alpha value is -2.16. The zero-order chi connectivity index (χ0) is 17.4. The lowest BCUT2D eigenvalue weighted by molar-refractivity contribution is 0.0104. The molecule has 0 bridgehead atoms. The molecule has 2 heteroatoms. The fourth-order valence-corrected chi connectivity index (χ4v) is 2.65. The van der Waals surface area contributed by atoms with Gasteiger partial charge in [0.1, 0.15) is 0 Å². The molecule has 2 atom stereocenters. The molecule has 2 rings (SSSR count). The maximum atomic E-state index is 10.2. The van der Waals surface area contributed by atoms with Gasteiger partial charge >= 0.3 is 0 Å². The van der Waals surface area contributed by atoms with E-state index in [0.717, 1.165) is 35.1 Å². The van der Waals surface area contributed by atoms with E-state index in [1.165, 1.54) is 0 Å². The molecule has 0 radical (unpaired) electrons. The summed E-state index contributed by atoms with van der Waals surface area (Å²) in [6.45, 7) is 7.47. The first-order valence-corrected chi connectivity index (χ1v) is 8.41. The predicted octanol–water partition coefficient (Wildman–Crippen LogP) is 4.26. The van der Waals surface area contributed by atoms with Crippen LogP contribution in [-0.4, -0.2) is 22.4 Å². The standard InChI is InChI=1S/C22H26O2/c1-3-17-5-9-19(10-6-17)13-15-21(23)22(24)16-14-20-11-7-18(4-2)8-12-20/h3-12,21-24H,1-2,13-16H2. The highest BCUT2D eigenvalue weighted by Crippen LogP contribution is 2.14. The van der Waals surface area contributed by atoms with E-state index in [1.807, 2.05) is 60.7 Å². The fraction of sp³-hybridized carbons (Fsp3) is 0.273. The number of hydrogen-bond acceptors (Lipinski definition) is 2. The van der Waals surface area contributed by atoms with E-state index in [9.17, 15) is 10.2 Å². The molecular weight excluding hydrogens is 296 g/mol. The van der Waals surface area contributed by atoms with Crippen LogP contribution in [0.2, 0.25) is 0 Å². The second kappa shape index (κ2) is 9.21. The number of aliphatic hydroxyl groups excluding tert-OH is 2. The van der Waals surface area contributed by atoms with E-state index in [4.69, 9.17) is 0 Å². The van der Waals surface area contributed by atoms with Gasteiger partial charge in [0.2, 0.25) is 0 Å². The van der Waals surface area contributed by atoms with E-state index >= 15 is 0 Å². The number of hydrogen-bond donors (Lipinski definition) is 2. The number of aliphatic hydroxyl groups is 2. The summed E-state index contributed by atoms with van der Waals surface area (Å²) in [4.78, 5) is 0. The highest BCUT2D eigenvalue weighted by Gasteiger charge is 2.16. The van der Waals surface area contributed by atoms with Crippen molar-refractivity contribution in [2.45, 2.75) is 37.9 Å². The van der Waals surface area contributed by atoms with Gasteiger partial charge in [-0.05, 0) is 47.9 Å². The molecule has 2 aromatic rings. The van der Waals surface area contributed by atoms with E-state index in [1.54, 1.807) is 0 Å². The Morgan fingerprint density at radius 1 is 0.667 bits per heavy atom. The van der Waals surface area contributed by atoms with E-state index in [2.05, 4.69) is 13.2 Å². The van der Waals surface area contributed by atoms with Crippen LogP contribution < -0.4 is 0 Å². The number of aryl methyl sites for hydroxylation is 2. The summed E-state index contributed by atoms with van der Waals surface area (Å²) in [5.74, 6) is 0. The molecule has 2 unspecified atom stereocenters. The third-order valence-corrected chi connectivity index (χ3v) is 4.33. The Morgan fingerprint density at radius 2 is 1.00 bits per heavy atom. The van der Waals surface area contributed by atoms with Crippen molar-refractivity contribution in [1.29, 1.82) is 0 Å². The third kappa shape index (κ3) is 5.48. The van der Waals surface area contributed by atoms with Gasteiger partial charge in [-0.2, -0.15) is 0 Å². The Balaban J connectivity index is 1.77. The Bertz CT molecular complexity index is 581. The van der Waals surface area contributed by atoms with E-state index in [0.29, 0.717) is 12.8 Å². The van der Waals surface area contributed by atoms with Crippen LogP contribution in [0.3, 0.4) is 0 Å². The maximum absolute atomic E-state index is 10.2. The van der Waals surface area contributed by atoms with Crippen molar-refractivity contribution in [3.63, 3.8) is 0 Å². The average molecular weight is 322 g/mol. The molecule has 0 saturated carbocycles. The summed E-state index contributed by atoms with van der Waals surface area (Å²) in [6, 6.07) is 16.2. The first-order valence-electron chi connectivity index (χ1n) is 8.41. The maximum Gasteiger partial charge on any atom is 0.0802 e. The molecule has 2 aromatic carbocycles. The lowest BCUT2D eigenvalue weighted by Crippen LogP contribution is -2.26. The summed E-state index contributed by atoms with van der Waals surface area (Å²) in [5, 5.41) is 20.3. The van der Waals surface area contributed by atoms with Crippen molar-refractivity contribution in [2.75, 3.05) is 0 Å². The van der Waals surface area contributed by atoms with Gasteiger partial charge in [-0.25, -0.2) is 0 Å². The molecular formula is C22H26O2. The molecule has 24 heavy (non-hydrogen) atoms. The summed E-state index contributed by atoms with van der Waals surface area (Å²) < 4.78 is 0. The molecule has 2 nitrogen and oxygen atoms in total. The zero-order valence-electron chi connectivity index (χ0n) is 14.1. The second-order valence-electron chi connectivity index (χ2n) is 6.10. The molecule has 0 aromatic heterocycles. The van der Waals surface area contributed by atoms with Gasteiger partial charge in [0, 0.05) is 0 Å². The minimum Gasteiger partial charge on any atom is -0.390 e. The van der Waals surface area contributed by atoms with Crippen LogP contribution in [0, 0.1) is 0 Å². The molecule has 0 aliphatic carbocycles. The van der Waals surface area contributed by atoms with Gasteiger partial charge in [0.05, 0.1) is 12.2 Å². The Morgan fingerprint density at radius 3 is 1.29 bits per heavy atom. The van der Waals surface area contributed by atoms with Gasteiger partial charge in [-0.1, -0.05) is 73.8 Å². The van der Waals surface area contributed by atoms with Gasteiger partial charge in [-0.3, -0.25) is 0 Å². The van der Waals surface area contributed by atoms with Gasteiger partial charge < -0.3 is 10.2 Å². The van der Waals surface area contributed by atoms with Crippen LogP contribution in [0.1, 0.15) is 35.1 Å². The van der Waals surface area contributed by atoms with Crippen LogP contribution in [0.15, 0.2) is 61.7 Å². The lowest BCUT2D eigenvalue weighted by Gasteiger charge is -2.18. The van der Waals surface area contributed by atoms with Gasteiger partial charge in [0.15, 0.2) is 0 Å². The molecule has 0 amide bonds. The van der Waals surface area contributed by atoms with Crippen molar-refractivity contribution in [1.82, 2.24) is 0 Å². The monoisotopic (exact) mass is 322 g/mol. The van der Waals surface area contributed by atoms with Crippen LogP contribution in [0.25, 0.3) is 12.2 Å². The lowest BCUT2D eigenvalue weighted by atomic mass is 9.98. The van der Waals surface area contributed by atoms with Crippen LogP contribution in [0.4, 0.5) is 0 Å². The molecule has 0 aliphatic rings. The molecule has 0 fully saturated rings. The second-order valence-corrected chi connectivity index (χ2v) is 6.10. The van der Waals surface area contributed by atoms with Crippen molar-refractivity contribution in [2.24, 2.45) is 0 Å². The summed E-state index contributed by atoms with van der Waals surface area (Å²) in [5.41, 5.74) is 4.49. The predicted molar refractivity (Wildman–Crippen MR) is 102 cm³/mol. The highest BCUT2D eigenvalue weighted by atomic mass is 16.3. The molecule has 126 valence electrons. The fourth-order valence-electron chi connectivity index (χ4n) is 2.65. The molecule has 0 saturated heterocycles. The van der Waals surface area contributed by atoms with Crippen LogP contribution in [0.5, 0.6) is 0 Å². The SMILES string of the molecule is C=Cc1ccc(CCC(O)C(O)CCc2ccc(C=C)cc2)cc1. The minimum atomic E-state index is -0.698.